The maximum absolute atomic E-state index is 5.74. The highest BCUT2D eigenvalue weighted by Gasteiger charge is 2.23. The van der Waals surface area contributed by atoms with Crippen molar-refractivity contribution in [3.05, 3.63) is 18.2 Å². The van der Waals surface area contributed by atoms with Crippen LogP contribution in [-0.2, 0) is 0 Å². The van der Waals surface area contributed by atoms with Gasteiger partial charge in [-0.25, -0.2) is 0 Å². The van der Waals surface area contributed by atoms with Crippen molar-refractivity contribution in [3.8, 4) is 11.5 Å². The van der Waals surface area contributed by atoms with Crippen LogP contribution in [-0.4, -0.2) is 19.3 Å². The van der Waals surface area contributed by atoms with Gasteiger partial charge in [-0.15, -0.1) is 0 Å². The fourth-order valence-corrected chi connectivity index (χ4v) is 1.51. The Morgan fingerprint density at radius 1 is 1.31 bits per heavy atom. The van der Waals surface area contributed by atoms with Gasteiger partial charge in [-0.05, 0) is 38.8 Å². The van der Waals surface area contributed by atoms with Crippen molar-refractivity contribution in [2.24, 2.45) is 0 Å². The molecule has 0 amide bonds. The summed E-state index contributed by atoms with van der Waals surface area (Å²) in [5, 5.41) is 3.12. The van der Waals surface area contributed by atoms with Crippen molar-refractivity contribution >= 4 is 5.69 Å². The van der Waals surface area contributed by atoms with Gasteiger partial charge in [-0.3, -0.25) is 0 Å². The van der Waals surface area contributed by atoms with E-state index in [1.165, 1.54) is 12.8 Å². The van der Waals surface area contributed by atoms with E-state index in [1.807, 2.05) is 39.1 Å². The maximum atomic E-state index is 5.74. The Kier molecular flexibility index (Phi) is 3.22. The Balaban J connectivity index is 2.15. The van der Waals surface area contributed by atoms with E-state index in [-0.39, 0.29) is 6.10 Å². The lowest BCUT2D eigenvalue weighted by atomic mass is 10.2. The van der Waals surface area contributed by atoms with E-state index in [1.54, 1.807) is 0 Å². The molecular formula is C13H19NO2. The molecule has 0 atom stereocenters. The summed E-state index contributed by atoms with van der Waals surface area (Å²) in [6.45, 7) is 4.04. The van der Waals surface area contributed by atoms with E-state index in [9.17, 15) is 0 Å². The molecule has 88 valence electrons. The molecule has 1 aliphatic carbocycles. The van der Waals surface area contributed by atoms with Crippen LogP contribution < -0.4 is 14.8 Å². The van der Waals surface area contributed by atoms with Crippen LogP contribution in [0.15, 0.2) is 18.2 Å². The van der Waals surface area contributed by atoms with Gasteiger partial charge in [-0.1, -0.05) is 0 Å². The van der Waals surface area contributed by atoms with Crippen molar-refractivity contribution < 1.29 is 9.47 Å². The van der Waals surface area contributed by atoms with Gasteiger partial charge in [0, 0.05) is 13.1 Å². The Bertz CT molecular complexity index is 359. The number of ether oxygens (including phenoxy) is 2. The molecular weight excluding hydrogens is 202 g/mol. The van der Waals surface area contributed by atoms with Crippen molar-refractivity contribution in [1.82, 2.24) is 0 Å². The van der Waals surface area contributed by atoms with Gasteiger partial charge < -0.3 is 14.8 Å². The van der Waals surface area contributed by atoms with Gasteiger partial charge in [0.1, 0.15) is 11.5 Å². The standard InChI is InChI=1S/C13H19NO2/c1-9(2)15-13-8-11(16-10-4-5-10)6-7-12(13)14-3/h6-10,14H,4-5H2,1-3H3. The zero-order chi connectivity index (χ0) is 11.5. The third kappa shape index (κ3) is 2.81. The molecule has 3 nitrogen and oxygen atoms in total. The Labute approximate surface area is 96.8 Å². The topological polar surface area (TPSA) is 30.5 Å². The predicted molar refractivity (Wildman–Crippen MR) is 65.4 cm³/mol. The summed E-state index contributed by atoms with van der Waals surface area (Å²) in [5.74, 6) is 1.76. The largest absolute Gasteiger partial charge is 0.490 e. The van der Waals surface area contributed by atoms with E-state index in [0.29, 0.717) is 6.10 Å². The third-order valence-corrected chi connectivity index (χ3v) is 2.41. The molecule has 3 heteroatoms. The van der Waals surface area contributed by atoms with Gasteiger partial charge in [0.2, 0.25) is 0 Å². The number of rotatable bonds is 5. The molecule has 0 unspecified atom stereocenters. The first-order valence-electron chi connectivity index (χ1n) is 5.84. The van der Waals surface area contributed by atoms with Crippen LogP contribution in [0.4, 0.5) is 5.69 Å². The molecule has 0 saturated heterocycles. The highest BCUT2D eigenvalue weighted by Crippen LogP contribution is 2.33. The van der Waals surface area contributed by atoms with Gasteiger partial charge in [0.15, 0.2) is 0 Å². The van der Waals surface area contributed by atoms with Crippen LogP contribution in [0.2, 0.25) is 0 Å². The predicted octanol–water partition coefficient (Wildman–Crippen LogP) is 3.06. The summed E-state index contributed by atoms with van der Waals surface area (Å²) in [6, 6.07) is 5.94. The Morgan fingerprint density at radius 2 is 2.06 bits per heavy atom. The molecule has 1 saturated carbocycles. The molecule has 1 fully saturated rings. The van der Waals surface area contributed by atoms with Crippen LogP contribution in [0.3, 0.4) is 0 Å². The number of hydrogen-bond donors (Lipinski definition) is 1. The van der Waals surface area contributed by atoms with Crippen molar-refractivity contribution in [3.63, 3.8) is 0 Å². The number of nitrogens with one attached hydrogen (secondary N) is 1. The first-order chi connectivity index (χ1) is 7.69. The summed E-state index contributed by atoms with van der Waals surface area (Å²) >= 11 is 0. The number of anilines is 1. The van der Waals surface area contributed by atoms with Gasteiger partial charge in [-0.2, -0.15) is 0 Å². The third-order valence-electron chi connectivity index (χ3n) is 2.41. The van der Waals surface area contributed by atoms with Crippen LogP contribution in [0.1, 0.15) is 26.7 Å². The normalized spacial score (nSPS) is 15.0. The van der Waals surface area contributed by atoms with E-state index < -0.39 is 0 Å². The molecule has 16 heavy (non-hydrogen) atoms. The molecule has 0 aromatic heterocycles. The molecule has 0 aliphatic heterocycles. The fourth-order valence-electron chi connectivity index (χ4n) is 1.51. The fraction of sp³-hybridized carbons (Fsp3) is 0.538. The van der Waals surface area contributed by atoms with Crippen LogP contribution in [0.25, 0.3) is 0 Å². The lowest BCUT2D eigenvalue weighted by Crippen LogP contribution is -2.08. The second kappa shape index (κ2) is 4.64. The van der Waals surface area contributed by atoms with Crippen LogP contribution >= 0.6 is 0 Å². The lowest BCUT2D eigenvalue weighted by molar-refractivity contribution is 0.240. The summed E-state index contributed by atoms with van der Waals surface area (Å²) < 4.78 is 11.5. The highest BCUT2D eigenvalue weighted by atomic mass is 16.5. The lowest BCUT2D eigenvalue weighted by Gasteiger charge is -2.15. The summed E-state index contributed by atoms with van der Waals surface area (Å²) in [5.41, 5.74) is 0.997. The monoisotopic (exact) mass is 221 g/mol. The molecule has 2 rings (SSSR count). The molecule has 0 heterocycles. The minimum Gasteiger partial charge on any atom is -0.490 e. The van der Waals surface area contributed by atoms with Gasteiger partial charge in [0.25, 0.3) is 0 Å². The van der Waals surface area contributed by atoms with Crippen molar-refractivity contribution in [2.45, 2.75) is 38.9 Å². The second-order valence-electron chi connectivity index (χ2n) is 4.39. The van der Waals surface area contributed by atoms with Gasteiger partial charge >= 0.3 is 0 Å². The molecule has 1 aromatic carbocycles. The molecule has 0 radical (unpaired) electrons. The Hall–Kier alpha value is -1.38. The van der Waals surface area contributed by atoms with Crippen LogP contribution in [0.5, 0.6) is 11.5 Å². The summed E-state index contributed by atoms with van der Waals surface area (Å²) in [6.07, 6.45) is 2.94. The minimum atomic E-state index is 0.170. The number of benzene rings is 1. The zero-order valence-electron chi connectivity index (χ0n) is 10.1. The number of hydrogen-bond acceptors (Lipinski definition) is 3. The quantitative estimate of drug-likeness (QED) is 0.829. The van der Waals surface area contributed by atoms with E-state index in [4.69, 9.17) is 9.47 Å². The molecule has 1 aliphatic rings. The van der Waals surface area contributed by atoms with Crippen molar-refractivity contribution in [1.29, 1.82) is 0 Å². The summed E-state index contributed by atoms with van der Waals surface area (Å²) in [7, 11) is 1.89. The second-order valence-corrected chi connectivity index (χ2v) is 4.39. The smallest absolute Gasteiger partial charge is 0.146 e. The Morgan fingerprint density at radius 3 is 2.62 bits per heavy atom. The maximum Gasteiger partial charge on any atom is 0.146 e. The first kappa shape index (κ1) is 11.1. The molecule has 1 aromatic rings. The highest BCUT2D eigenvalue weighted by molar-refractivity contribution is 5.58. The van der Waals surface area contributed by atoms with Crippen molar-refractivity contribution in [2.75, 3.05) is 12.4 Å². The van der Waals surface area contributed by atoms with E-state index >= 15 is 0 Å². The summed E-state index contributed by atoms with van der Waals surface area (Å²) in [4.78, 5) is 0. The van der Waals surface area contributed by atoms with E-state index in [0.717, 1.165) is 17.2 Å². The van der Waals surface area contributed by atoms with Crippen LogP contribution in [0, 0.1) is 0 Å². The molecule has 0 spiro atoms. The SMILES string of the molecule is CNc1ccc(OC2CC2)cc1OC(C)C. The van der Waals surface area contributed by atoms with E-state index in [2.05, 4.69) is 5.32 Å². The molecule has 1 N–H and O–H groups in total. The average molecular weight is 221 g/mol. The minimum absolute atomic E-state index is 0.170. The average Bonchev–Trinajstić information content (AvgIpc) is 3.01. The first-order valence-corrected chi connectivity index (χ1v) is 5.84. The molecule has 0 bridgehead atoms. The van der Waals surface area contributed by atoms with Gasteiger partial charge in [0.05, 0.1) is 17.9 Å². The zero-order valence-corrected chi connectivity index (χ0v) is 10.1.